The van der Waals surface area contributed by atoms with Gasteiger partial charge in [0.2, 0.25) is 15.2 Å². The van der Waals surface area contributed by atoms with Crippen molar-refractivity contribution in [3.8, 4) is 10.7 Å². The van der Waals surface area contributed by atoms with E-state index >= 15 is 0 Å². The molecule has 2 aromatic rings. The molecule has 0 atom stereocenters. The fraction of sp³-hybridized carbons (Fsp3) is 0.500. The van der Waals surface area contributed by atoms with Crippen molar-refractivity contribution in [2.24, 2.45) is 0 Å². The normalized spacial score (nSPS) is 17.6. The highest BCUT2D eigenvalue weighted by Gasteiger charge is 2.25. The average Bonchev–Trinajstić information content (AvgIpc) is 3.09. The first-order chi connectivity index (χ1) is 9.54. The van der Waals surface area contributed by atoms with E-state index in [-0.39, 0.29) is 0 Å². The van der Waals surface area contributed by atoms with E-state index in [1.807, 2.05) is 4.90 Å². The zero-order chi connectivity index (χ0) is 14.2. The summed E-state index contributed by atoms with van der Waals surface area (Å²) in [6, 6.07) is 1.73. The Kier molecular flexibility index (Phi) is 3.44. The monoisotopic (exact) mass is 315 g/mol. The molecule has 0 spiro atoms. The number of anilines is 1. The van der Waals surface area contributed by atoms with Gasteiger partial charge < -0.3 is 9.42 Å². The third-order valence-electron chi connectivity index (χ3n) is 3.05. The van der Waals surface area contributed by atoms with Gasteiger partial charge in [0.25, 0.3) is 0 Å². The number of piperazine rings is 1. The molecular weight excluding hydrogens is 302 g/mol. The fourth-order valence-corrected chi connectivity index (χ4v) is 3.67. The first kappa shape index (κ1) is 13.5. The Morgan fingerprint density at radius 3 is 2.60 bits per heavy atom. The minimum Gasteiger partial charge on any atom is -0.364 e. The van der Waals surface area contributed by atoms with Gasteiger partial charge in [-0.3, -0.25) is 0 Å². The molecule has 2 aromatic heterocycles. The van der Waals surface area contributed by atoms with Gasteiger partial charge in [0.15, 0.2) is 5.01 Å². The molecule has 1 aliphatic heterocycles. The van der Waals surface area contributed by atoms with E-state index in [1.54, 1.807) is 6.07 Å². The van der Waals surface area contributed by atoms with Crippen LogP contribution in [0.4, 0.5) is 5.13 Å². The van der Waals surface area contributed by atoms with Gasteiger partial charge in [-0.1, -0.05) is 16.5 Å². The van der Waals surface area contributed by atoms with Crippen molar-refractivity contribution in [1.29, 1.82) is 0 Å². The molecule has 10 heteroatoms. The Balaban J connectivity index is 1.70. The predicted octanol–water partition coefficient (Wildman–Crippen LogP) is 0.275. The van der Waals surface area contributed by atoms with Gasteiger partial charge in [0, 0.05) is 32.2 Å². The van der Waals surface area contributed by atoms with Crippen LogP contribution < -0.4 is 4.90 Å². The lowest BCUT2D eigenvalue weighted by Gasteiger charge is -2.32. The van der Waals surface area contributed by atoms with Crippen LogP contribution in [-0.4, -0.2) is 60.5 Å². The zero-order valence-corrected chi connectivity index (χ0v) is 12.4. The lowest BCUT2D eigenvalue weighted by atomic mass is 10.4. The second kappa shape index (κ2) is 5.11. The van der Waals surface area contributed by atoms with Crippen LogP contribution in [0.25, 0.3) is 10.7 Å². The summed E-state index contributed by atoms with van der Waals surface area (Å²) in [5.41, 5.74) is 0.656. The van der Waals surface area contributed by atoms with Crippen molar-refractivity contribution in [2.75, 3.05) is 37.3 Å². The SMILES string of the molecule is CS(=O)(=O)N1CCN(c2nnc(-c3ccon3)s2)CC1. The van der Waals surface area contributed by atoms with Crippen molar-refractivity contribution in [3.05, 3.63) is 12.3 Å². The fourth-order valence-electron chi connectivity index (χ4n) is 1.98. The molecule has 0 saturated carbocycles. The summed E-state index contributed by atoms with van der Waals surface area (Å²) in [7, 11) is -3.11. The molecule has 3 rings (SSSR count). The number of aromatic nitrogens is 3. The first-order valence-electron chi connectivity index (χ1n) is 5.98. The maximum absolute atomic E-state index is 11.5. The molecule has 0 aliphatic carbocycles. The number of hydrogen-bond acceptors (Lipinski definition) is 8. The van der Waals surface area contributed by atoms with E-state index in [4.69, 9.17) is 4.52 Å². The lowest BCUT2D eigenvalue weighted by Crippen LogP contribution is -2.48. The molecule has 108 valence electrons. The van der Waals surface area contributed by atoms with Gasteiger partial charge in [0.05, 0.1) is 6.26 Å². The summed E-state index contributed by atoms with van der Waals surface area (Å²) in [5.74, 6) is 0. The number of rotatable bonds is 3. The lowest BCUT2D eigenvalue weighted by molar-refractivity contribution is 0.387. The van der Waals surface area contributed by atoms with Crippen LogP contribution in [0.5, 0.6) is 0 Å². The maximum Gasteiger partial charge on any atom is 0.211 e. The van der Waals surface area contributed by atoms with E-state index < -0.39 is 10.0 Å². The second-order valence-electron chi connectivity index (χ2n) is 4.42. The van der Waals surface area contributed by atoms with E-state index in [9.17, 15) is 8.42 Å². The molecule has 8 nitrogen and oxygen atoms in total. The summed E-state index contributed by atoms with van der Waals surface area (Å²) in [4.78, 5) is 2.03. The van der Waals surface area contributed by atoms with Crippen molar-refractivity contribution in [3.63, 3.8) is 0 Å². The largest absolute Gasteiger partial charge is 0.364 e. The van der Waals surface area contributed by atoms with Gasteiger partial charge in [-0.05, 0) is 0 Å². The Morgan fingerprint density at radius 2 is 2.00 bits per heavy atom. The average molecular weight is 315 g/mol. The first-order valence-corrected chi connectivity index (χ1v) is 8.65. The van der Waals surface area contributed by atoms with Crippen LogP contribution in [0.1, 0.15) is 0 Å². The standard InChI is InChI=1S/C10H13N5O3S2/c1-20(16,17)15-5-3-14(4-6-15)10-12-11-9(19-10)8-2-7-18-13-8/h2,7H,3-6H2,1H3. The van der Waals surface area contributed by atoms with E-state index in [0.29, 0.717) is 36.9 Å². The molecule has 0 unspecified atom stereocenters. The van der Waals surface area contributed by atoms with Crippen LogP contribution >= 0.6 is 11.3 Å². The Hall–Kier alpha value is -1.52. The highest BCUT2D eigenvalue weighted by molar-refractivity contribution is 7.88. The van der Waals surface area contributed by atoms with Crippen molar-refractivity contribution >= 4 is 26.5 Å². The Labute approximate surface area is 120 Å². The smallest absolute Gasteiger partial charge is 0.211 e. The number of sulfonamides is 1. The van der Waals surface area contributed by atoms with Gasteiger partial charge >= 0.3 is 0 Å². The molecule has 1 fully saturated rings. The summed E-state index contributed by atoms with van der Waals surface area (Å²) < 4.78 is 29.2. The molecule has 0 radical (unpaired) electrons. The second-order valence-corrected chi connectivity index (χ2v) is 7.36. The van der Waals surface area contributed by atoms with E-state index in [1.165, 1.54) is 28.2 Å². The number of nitrogens with zero attached hydrogens (tertiary/aromatic N) is 5. The van der Waals surface area contributed by atoms with Crippen molar-refractivity contribution < 1.29 is 12.9 Å². The maximum atomic E-state index is 11.5. The van der Waals surface area contributed by atoms with Crippen molar-refractivity contribution in [2.45, 2.75) is 0 Å². The molecule has 1 saturated heterocycles. The molecule has 0 N–H and O–H groups in total. The zero-order valence-electron chi connectivity index (χ0n) is 10.8. The molecule has 3 heterocycles. The third-order valence-corrected chi connectivity index (χ3v) is 5.36. The minimum absolute atomic E-state index is 0.470. The Morgan fingerprint density at radius 1 is 1.25 bits per heavy atom. The van der Waals surface area contributed by atoms with E-state index in [0.717, 1.165) is 5.13 Å². The number of hydrogen-bond donors (Lipinski definition) is 0. The quantitative estimate of drug-likeness (QED) is 0.803. The molecular formula is C10H13N5O3S2. The topological polar surface area (TPSA) is 92.4 Å². The molecule has 20 heavy (non-hydrogen) atoms. The van der Waals surface area contributed by atoms with Gasteiger partial charge in [0.1, 0.15) is 12.0 Å². The van der Waals surface area contributed by atoms with Gasteiger partial charge in [-0.25, -0.2) is 8.42 Å². The van der Waals surface area contributed by atoms with Gasteiger partial charge in [-0.2, -0.15) is 4.31 Å². The van der Waals surface area contributed by atoms with Crippen LogP contribution in [0.15, 0.2) is 16.9 Å². The van der Waals surface area contributed by atoms with Crippen LogP contribution in [0, 0.1) is 0 Å². The minimum atomic E-state index is -3.11. The summed E-state index contributed by atoms with van der Waals surface area (Å²) >= 11 is 1.42. The predicted molar refractivity (Wildman–Crippen MR) is 74.0 cm³/mol. The highest BCUT2D eigenvalue weighted by Crippen LogP contribution is 2.28. The van der Waals surface area contributed by atoms with Gasteiger partial charge in [-0.15, -0.1) is 10.2 Å². The summed E-state index contributed by atoms with van der Waals surface area (Å²) in [6.45, 7) is 2.16. The summed E-state index contributed by atoms with van der Waals surface area (Å²) in [6.07, 6.45) is 2.72. The third kappa shape index (κ3) is 2.67. The van der Waals surface area contributed by atoms with E-state index in [2.05, 4.69) is 15.4 Å². The molecule has 0 aromatic carbocycles. The molecule has 0 amide bonds. The summed E-state index contributed by atoms with van der Waals surface area (Å²) in [5, 5.41) is 13.5. The Bertz CT molecular complexity index is 674. The van der Waals surface area contributed by atoms with Crippen LogP contribution in [0.3, 0.4) is 0 Å². The molecule has 0 bridgehead atoms. The highest BCUT2D eigenvalue weighted by atomic mass is 32.2. The van der Waals surface area contributed by atoms with Crippen molar-refractivity contribution in [1.82, 2.24) is 19.7 Å². The van der Waals surface area contributed by atoms with Crippen LogP contribution in [-0.2, 0) is 10.0 Å². The van der Waals surface area contributed by atoms with Crippen LogP contribution in [0.2, 0.25) is 0 Å². The molecule has 1 aliphatic rings.